The molecule has 2 aromatic rings. The predicted molar refractivity (Wildman–Crippen MR) is 127 cm³/mol. The van der Waals surface area contributed by atoms with E-state index in [0.717, 1.165) is 41.7 Å². The quantitative estimate of drug-likeness (QED) is 0.689. The van der Waals surface area contributed by atoms with Gasteiger partial charge in [0, 0.05) is 29.6 Å². The van der Waals surface area contributed by atoms with Crippen molar-refractivity contribution in [3.8, 4) is 0 Å². The van der Waals surface area contributed by atoms with Crippen LogP contribution in [0.2, 0.25) is 0 Å². The van der Waals surface area contributed by atoms with Crippen molar-refractivity contribution >= 4 is 29.5 Å². The number of nitrogens with zero attached hydrogens (tertiary/aromatic N) is 4. The van der Waals surface area contributed by atoms with Crippen LogP contribution in [-0.2, 0) is 9.47 Å². The molecule has 4 heterocycles. The summed E-state index contributed by atoms with van der Waals surface area (Å²) in [5.74, 6) is 1.34. The number of carbonyl (C=O) groups excluding carboxylic acids is 1. The molecular formula is C23H32N6O3S. The van der Waals surface area contributed by atoms with Gasteiger partial charge in [0.05, 0.1) is 31.1 Å². The van der Waals surface area contributed by atoms with Crippen LogP contribution in [0, 0.1) is 5.41 Å². The first-order valence-electron chi connectivity index (χ1n) is 11.2. The minimum Gasteiger partial charge on any atom is -0.444 e. The van der Waals surface area contributed by atoms with Gasteiger partial charge in [0.2, 0.25) is 0 Å². The lowest BCUT2D eigenvalue weighted by Crippen LogP contribution is -2.55. The van der Waals surface area contributed by atoms with E-state index in [0.29, 0.717) is 12.4 Å². The van der Waals surface area contributed by atoms with Crippen molar-refractivity contribution in [2.45, 2.75) is 68.2 Å². The number of alkyl carbamates (subject to hydrolysis) is 1. The Morgan fingerprint density at radius 1 is 1.27 bits per heavy atom. The molecule has 0 saturated carbocycles. The lowest BCUT2D eigenvalue weighted by atomic mass is 9.73. The fourth-order valence-corrected chi connectivity index (χ4v) is 5.22. The Balaban J connectivity index is 1.37. The SMILES string of the molecule is C[C@@H]1OCC2(CCN(c3cnc(Sc4ccnc(N)c4)cn3)CC2)[C@@H]1NC(=O)OC(C)(C)C. The van der Waals surface area contributed by atoms with E-state index in [1.54, 1.807) is 12.4 Å². The van der Waals surface area contributed by atoms with E-state index in [2.05, 4.69) is 25.2 Å². The Morgan fingerprint density at radius 3 is 2.67 bits per heavy atom. The zero-order valence-electron chi connectivity index (χ0n) is 19.6. The van der Waals surface area contributed by atoms with Gasteiger partial charge in [-0.1, -0.05) is 11.8 Å². The summed E-state index contributed by atoms with van der Waals surface area (Å²) in [6.45, 7) is 9.90. The van der Waals surface area contributed by atoms with E-state index in [1.165, 1.54) is 11.8 Å². The summed E-state index contributed by atoms with van der Waals surface area (Å²) in [6.07, 6.45) is 6.63. The second-order valence-corrected chi connectivity index (χ2v) is 10.8. The van der Waals surface area contributed by atoms with Crippen molar-refractivity contribution in [1.82, 2.24) is 20.3 Å². The van der Waals surface area contributed by atoms with Crippen molar-refractivity contribution < 1.29 is 14.3 Å². The number of piperidine rings is 1. The fourth-order valence-electron chi connectivity index (χ4n) is 4.46. The molecule has 178 valence electrons. The summed E-state index contributed by atoms with van der Waals surface area (Å²) in [5.41, 5.74) is 5.12. The molecule has 33 heavy (non-hydrogen) atoms. The molecule has 2 fully saturated rings. The van der Waals surface area contributed by atoms with E-state index in [-0.39, 0.29) is 23.7 Å². The van der Waals surface area contributed by atoms with Crippen LogP contribution in [0.25, 0.3) is 0 Å². The average molecular weight is 473 g/mol. The Hall–Kier alpha value is -2.59. The second-order valence-electron chi connectivity index (χ2n) is 9.72. The van der Waals surface area contributed by atoms with Crippen molar-refractivity contribution in [3.63, 3.8) is 0 Å². The largest absolute Gasteiger partial charge is 0.444 e. The summed E-state index contributed by atoms with van der Waals surface area (Å²) in [6, 6.07) is 3.64. The molecule has 2 atom stereocenters. The van der Waals surface area contributed by atoms with Crippen molar-refractivity contribution in [2.24, 2.45) is 5.41 Å². The lowest BCUT2D eigenvalue weighted by Gasteiger charge is -2.42. The number of hydrogen-bond acceptors (Lipinski definition) is 9. The highest BCUT2D eigenvalue weighted by Crippen LogP contribution is 2.43. The molecule has 0 radical (unpaired) electrons. The fraction of sp³-hybridized carbons (Fsp3) is 0.565. The number of anilines is 2. The highest BCUT2D eigenvalue weighted by molar-refractivity contribution is 7.99. The van der Waals surface area contributed by atoms with Crippen LogP contribution in [-0.4, -0.2) is 58.5 Å². The summed E-state index contributed by atoms with van der Waals surface area (Å²) < 4.78 is 11.5. The highest BCUT2D eigenvalue weighted by Gasteiger charge is 2.50. The van der Waals surface area contributed by atoms with E-state index in [1.807, 2.05) is 46.0 Å². The maximum absolute atomic E-state index is 12.4. The van der Waals surface area contributed by atoms with E-state index in [4.69, 9.17) is 15.2 Å². The normalized spacial score (nSPS) is 22.4. The number of pyridine rings is 1. The number of amides is 1. The van der Waals surface area contributed by atoms with E-state index < -0.39 is 5.60 Å². The molecule has 2 aliphatic heterocycles. The Kier molecular flexibility index (Phi) is 6.67. The van der Waals surface area contributed by atoms with Gasteiger partial charge in [-0.2, -0.15) is 0 Å². The zero-order chi connectivity index (χ0) is 23.6. The molecule has 0 aromatic carbocycles. The third kappa shape index (κ3) is 5.67. The smallest absolute Gasteiger partial charge is 0.407 e. The van der Waals surface area contributed by atoms with Crippen molar-refractivity contribution in [3.05, 3.63) is 30.7 Å². The van der Waals surface area contributed by atoms with Gasteiger partial charge in [0.1, 0.15) is 22.3 Å². The molecule has 2 aliphatic rings. The number of aromatic nitrogens is 3. The summed E-state index contributed by atoms with van der Waals surface area (Å²) in [7, 11) is 0. The van der Waals surface area contributed by atoms with Crippen LogP contribution in [0.3, 0.4) is 0 Å². The number of rotatable bonds is 4. The molecule has 3 N–H and O–H groups in total. The number of ether oxygens (including phenoxy) is 2. The van der Waals surface area contributed by atoms with Gasteiger partial charge < -0.3 is 25.4 Å². The molecule has 2 aromatic heterocycles. The molecule has 0 aliphatic carbocycles. The van der Waals surface area contributed by atoms with E-state index in [9.17, 15) is 4.79 Å². The first-order valence-corrected chi connectivity index (χ1v) is 12.0. The number of hydrogen-bond donors (Lipinski definition) is 2. The maximum Gasteiger partial charge on any atom is 0.407 e. The van der Waals surface area contributed by atoms with Crippen LogP contribution in [0.15, 0.2) is 40.6 Å². The average Bonchev–Trinajstić information content (AvgIpc) is 3.03. The number of nitrogens with two attached hydrogens (primary N) is 1. The van der Waals surface area contributed by atoms with Crippen LogP contribution >= 0.6 is 11.8 Å². The molecule has 10 heteroatoms. The Morgan fingerprint density at radius 2 is 2.03 bits per heavy atom. The van der Waals surface area contributed by atoms with Crippen LogP contribution < -0.4 is 16.0 Å². The van der Waals surface area contributed by atoms with Gasteiger partial charge in [-0.25, -0.2) is 19.7 Å². The third-order valence-corrected chi connectivity index (χ3v) is 7.02. The third-order valence-electron chi connectivity index (χ3n) is 6.11. The molecule has 4 rings (SSSR count). The Labute approximate surface area is 198 Å². The van der Waals surface area contributed by atoms with Crippen LogP contribution in [0.4, 0.5) is 16.4 Å². The highest BCUT2D eigenvalue weighted by atomic mass is 32.2. The van der Waals surface area contributed by atoms with Crippen molar-refractivity contribution in [2.75, 3.05) is 30.3 Å². The second kappa shape index (κ2) is 9.34. The summed E-state index contributed by atoms with van der Waals surface area (Å²) in [5, 5.41) is 3.89. The molecule has 0 unspecified atom stereocenters. The van der Waals surface area contributed by atoms with Gasteiger partial charge in [-0.15, -0.1) is 0 Å². The van der Waals surface area contributed by atoms with Crippen LogP contribution in [0.5, 0.6) is 0 Å². The zero-order valence-corrected chi connectivity index (χ0v) is 20.4. The van der Waals surface area contributed by atoms with Crippen molar-refractivity contribution in [1.29, 1.82) is 0 Å². The van der Waals surface area contributed by atoms with Gasteiger partial charge in [0.15, 0.2) is 0 Å². The van der Waals surface area contributed by atoms with Gasteiger partial charge >= 0.3 is 6.09 Å². The molecule has 9 nitrogen and oxygen atoms in total. The molecule has 0 bridgehead atoms. The molecule has 1 amide bonds. The summed E-state index contributed by atoms with van der Waals surface area (Å²) in [4.78, 5) is 28.9. The van der Waals surface area contributed by atoms with Crippen LogP contribution in [0.1, 0.15) is 40.5 Å². The first kappa shape index (κ1) is 23.6. The summed E-state index contributed by atoms with van der Waals surface area (Å²) >= 11 is 1.50. The van der Waals surface area contributed by atoms with Gasteiger partial charge in [-0.05, 0) is 52.7 Å². The first-order chi connectivity index (χ1) is 15.6. The minimum absolute atomic E-state index is 0.0533. The molecule has 2 saturated heterocycles. The monoisotopic (exact) mass is 472 g/mol. The van der Waals surface area contributed by atoms with E-state index >= 15 is 0 Å². The topological polar surface area (TPSA) is 115 Å². The number of nitrogens with one attached hydrogen (secondary N) is 1. The van der Waals surface area contributed by atoms with Gasteiger partial charge in [0.25, 0.3) is 0 Å². The molecule has 1 spiro atoms. The maximum atomic E-state index is 12.4. The number of nitrogen functional groups attached to an aromatic ring is 1. The standard InChI is InChI=1S/C23H32N6O3S/c1-15-20(28-21(30)32-22(2,3)4)23(14-31-15)6-9-29(10-7-23)18-12-27-19(13-26-18)33-16-5-8-25-17(24)11-16/h5,8,11-13,15,20H,6-7,9-10,14H2,1-4H3,(H2,24,25)(H,28,30)/t15-,20+/m0/s1. The van der Waals surface area contributed by atoms with Gasteiger partial charge in [-0.3, -0.25) is 0 Å². The minimum atomic E-state index is -0.531. The molecular weight excluding hydrogens is 440 g/mol. The number of carbonyl (C=O) groups is 1. The predicted octanol–water partition coefficient (Wildman–Crippen LogP) is 3.50. The Bertz CT molecular complexity index is 973. The lowest BCUT2D eigenvalue weighted by molar-refractivity contribution is 0.0434.